The monoisotopic (exact) mass is 428 g/mol. The van der Waals surface area contributed by atoms with E-state index in [0.29, 0.717) is 24.8 Å². The summed E-state index contributed by atoms with van der Waals surface area (Å²) in [6.45, 7) is 12.8. The van der Waals surface area contributed by atoms with Gasteiger partial charge in [-0.1, -0.05) is 26.0 Å². The summed E-state index contributed by atoms with van der Waals surface area (Å²) >= 11 is 0. The Balaban J connectivity index is 2.05. The van der Waals surface area contributed by atoms with Gasteiger partial charge in [0.25, 0.3) is 0 Å². The maximum Gasteiger partial charge on any atom is 0.227 e. The standard InChI is InChI=1S/C24H36N4O3/c1-7-16(3)22(29)28-20-11-9-10-19(13-20)14-26-23(25-8-2)27-15-24(6,30)21-12-17(4)31-18(21)5/h9-13,16,30H,7-8,14-15H2,1-6H3,(H,28,29)(H2,25,26,27). The van der Waals surface area contributed by atoms with Crippen molar-refractivity contribution < 1.29 is 14.3 Å². The fourth-order valence-corrected chi connectivity index (χ4v) is 3.23. The molecule has 1 aromatic carbocycles. The number of anilines is 1. The molecule has 1 amide bonds. The molecule has 0 radical (unpaired) electrons. The third-order valence-corrected chi connectivity index (χ3v) is 5.24. The summed E-state index contributed by atoms with van der Waals surface area (Å²) in [5.74, 6) is 2.08. The van der Waals surface area contributed by atoms with E-state index in [1.54, 1.807) is 6.92 Å². The van der Waals surface area contributed by atoms with Crippen molar-refractivity contribution in [2.75, 3.05) is 18.4 Å². The summed E-state index contributed by atoms with van der Waals surface area (Å²) in [5, 5.41) is 20.3. The second kappa shape index (κ2) is 11.0. The Morgan fingerprint density at radius 2 is 1.97 bits per heavy atom. The number of hydrogen-bond donors (Lipinski definition) is 4. The van der Waals surface area contributed by atoms with E-state index in [9.17, 15) is 9.90 Å². The van der Waals surface area contributed by atoms with E-state index in [1.807, 2.05) is 65.0 Å². The van der Waals surface area contributed by atoms with Crippen molar-refractivity contribution in [3.8, 4) is 0 Å². The number of hydrogen-bond acceptors (Lipinski definition) is 4. The van der Waals surface area contributed by atoms with Crippen LogP contribution < -0.4 is 16.0 Å². The van der Waals surface area contributed by atoms with E-state index < -0.39 is 5.60 Å². The van der Waals surface area contributed by atoms with Crippen LogP contribution in [0.1, 0.15) is 56.8 Å². The maximum atomic E-state index is 12.1. The highest BCUT2D eigenvalue weighted by atomic mass is 16.3. The quantitative estimate of drug-likeness (QED) is 0.359. The van der Waals surface area contributed by atoms with Gasteiger partial charge in [-0.25, -0.2) is 4.99 Å². The zero-order valence-electron chi connectivity index (χ0n) is 19.5. The minimum Gasteiger partial charge on any atom is -0.466 e. The molecule has 2 rings (SSSR count). The fourth-order valence-electron chi connectivity index (χ4n) is 3.23. The molecule has 7 heteroatoms. The zero-order valence-corrected chi connectivity index (χ0v) is 19.5. The normalized spacial score (nSPS) is 14.6. The van der Waals surface area contributed by atoms with E-state index in [1.165, 1.54) is 0 Å². The predicted molar refractivity (Wildman–Crippen MR) is 125 cm³/mol. The lowest BCUT2D eigenvalue weighted by atomic mass is 9.96. The summed E-state index contributed by atoms with van der Waals surface area (Å²) in [7, 11) is 0. The van der Waals surface area contributed by atoms with Gasteiger partial charge in [0.15, 0.2) is 5.96 Å². The van der Waals surface area contributed by atoms with E-state index in [2.05, 4.69) is 20.9 Å². The van der Waals surface area contributed by atoms with Gasteiger partial charge in [-0.05, 0) is 57.9 Å². The number of guanidine groups is 1. The number of aliphatic imine (C=N–C) groups is 1. The molecule has 0 aliphatic heterocycles. The van der Waals surface area contributed by atoms with Crippen LogP contribution in [0.5, 0.6) is 0 Å². The minimum absolute atomic E-state index is 0.0187. The molecule has 0 aliphatic carbocycles. The van der Waals surface area contributed by atoms with Crippen molar-refractivity contribution in [2.24, 2.45) is 10.9 Å². The number of aliphatic hydroxyl groups is 1. The van der Waals surface area contributed by atoms with Gasteiger partial charge in [-0.2, -0.15) is 0 Å². The molecule has 1 aromatic heterocycles. The first kappa shape index (κ1) is 24.5. The first-order valence-corrected chi connectivity index (χ1v) is 10.9. The molecule has 0 saturated carbocycles. The van der Waals surface area contributed by atoms with Crippen molar-refractivity contribution in [3.63, 3.8) is 0 Å². The molecule has 31 heavy (non-hydrogen) atoms. The van der Waals surface area contributed by atoms with Gasteiger partial charge in [0, 0.05) is 23.7 Å². The lowest BCUT2D eigenvalue weighted by Crippen LogP contribution is -2.44. The highest BCUT2D eigenvalue weighted by Gasteiger charge is 2.27. The Kier molecular flexibility index (Phi) is 8.68. The van der Waals surface area contributed by atoms with Gasteiger partial charge in [0.1, 0.15) is 17.1 Å². The number of benzene rings is 1. The second-order valence-corrected chi connectivity index (χ2v) is 8.15. The largest absolute Gasteiger partial charge is 0.466 e. The number of nitrogens with zero attached hydrogens (tertiary/aromatic N) is 1. The Morgan fingerprint density at radius 3 is 2.58 bits per heavy atom. The van der Waals surface area contributed by atoms with Crippen LogP contribution >= 0.6 is 0 Å². The van der Waals surface area contributed by atoms with E-state index in [-0.39, 0.29) is 18.4 Å². The Bertz CT molecular complexity index is 902. The van der Waals surface area contributed by atoms with Crippen LogP contribution in [-0.4, -0.2) is 30.1 Å². The molecular formula is C24H36N4O3. The van der Waals surface area contributed by atoms with Gasteiger partial charge < -0.3 is 25.5 Å². The minimum atomic E-state index is -1.10. The van der Waals surface area contributed by atoms with Gasteiger partial charge >= 0.3 is 0 Å². The van der Waals surface area contributed by atoms with Crippen LogP contribution in [-0.2, 0) is 16.9 Å². The molecule has 2 unspecified atom stereocenters. The number of carbonyl (C=O) groups excluding carboxylic acids is 1. The first-order chi connectivity index (χ1) is 14.7. The molecule has 2 aromatic rings. The third kappa shape index (κ3) is 7.14. The molecule has 1 heterocycles. The lowest BCUT2D eigenvalue weighted by molar-refractivity contribution is -0.119. The molecule has 0 aliphatic rings. The molecule has 4 N–H and O–H groups in total. The third-order valence-electron chi connectivity index (χ3n) is 5.24. The molecule has 2 atom stereocenters. The van der Waals surface area contributed by atoms with Crippen molar-refractivity contribution >= 4 is 17.6 Å². The number of nitrogens with one attached hydrogen (secondary N) is 3. The highest BCUT2D eigenvalue weighted by molar-refractivity contribution is 5.92. The Labute approximate surface area is 185 Å². The molecule has 0 spiro atoms. The summed E-state index contributed by atoms with van der Waals surface area (Å²) in [6.07, 6.45) is 0.801. The van der Waals surface area contributed by atoms with Crippen LogP contribution in [0.25, 0.3) is 0 Å². The summed E-state index contributed by atoms with van der Waals surface area (Å²) in [5.41, 5.74) is 1.41. The maximum absolute atomic E-state index is 12.1. The Hall–Kier alpha value is -2.80. The van der Waals surface area contributed by atoms with E-state index in [4.69, 9.17) is 4.42 Å². The number of amides is 1. The molecule has 170 valence electrons. The van der Waals surface area contributed by atoms with Crippen molar-refractivity contribution in [2.45, 2.75) is 60.1 Å². The zero-order chi connectivity index (χ0) is 23.0. The molecule has 0 bridgehead atoms. The number of carbonyl (C=O) groups is 1. The van der Waals surface area contributed by atoms with E-state index >= 15 is 0 Å². The Morgan fingerprint density at radius 1 is 1.23 bits per heavy atom. The van der Waals surface area contributed by atoms with Crippen LogP contribution in [0.15, 0.2) is 39.7 Å². The first-order valence-electron chi connectivity index (χ1n) is 10.9. The van der Waals surface area contributed by atoms with Crippen molar-refractivity contribution in [3.05, 3.63) is 53.0 Å². The average Bonchev–Trinajstić information content (AvgIpc) is 3.08. The molecule has 0 saturated heterocycles. The van der Waals surface area contributed by atoms with Gasteiger partial charge in [0.2, 0.25) is 5.91 Å². The number of aryl methyl sites for hydroxylation is 2. The highest BCUT2D eigenvalue weighted by Crippen LogP contribution is 2.26. The average molecular weight is 429 g/mol. The summed E-state index contributed by atoms with van der Waals surface area (Å²) < 4.78 is 5.56. The van der Waals surface area contributed by atoms with Crippen LogP contribution in [0, 0.1) is 19.8 Å². The van der Waals surface area contributed by atoms with E-state index in [0.717, 1.165) is 29.0 Å². The topological polar surface area (TPSA) is 98.9 Å². The lowest BCUT2D eigenvalue weighted by Gasteiger charge is -2.24. The molecule has 0 fully saturated rings. The molecular weight excluding hydrogens is 392 g/mol. The van der Waals surface area contributed by atoms with Gasteiger partial charge in [-0.3, -0.25) is 4.79 Å². The van der Waals surface area contributed by atoms with Gasteiger partial charge in [0.05, 0.1) is 13.1 Å². The number of furan rings is 1. The van der Waals surface area contributed by atoms with Crippen LogP contribution in [0.4, 0.5) is 5.69 Å². The van der Waals surface area contributed by atoms with Crippen LogP contribution in [0.3, 0.4) is 0 Å². The smallest absolute Gasteiger partial charge is 0.227 e. The summed E-state index contributed by atoms with van der Waals surface area (Å²) in [4.78, 5) is 16.8. The predicted octanol–water partition coefficient (Wildman–Crippen LogP) is 3.84. The second-order valence-electron chi connectivity index (χ2n) is 8.15. The fraction of sp³-hybridized carbons (Fsp3) is 0.500. The summed E-state index contributed by atoms with van der Waals surface area (Å²) in [6, 6.07) is 9.55. The van der Waals surface area contributed by atoms with Crippen molar-refractivity contribution in [1.29, 1.82) is 0 Å². The number of rotatable bonds is 9. The molecule has 7 nitrogen and oxygen atoms in total. The SMILES string of the molecule is CCNC(=NCc1cccc(NC(=O)C(C)CC)c1)NCC(C)(O)c1cc(C)oc1C. The van der Waals surface area contributed by atoms with Crippen molar-refractivity contribution in [1.82, 2.24) is 10.6 Å². The van der Waals surface area contributed by atoms with Gasteiger partial charge in [-0.15, -0.1) is 0 Å². The van der Waals surface area contributed by atoms with Crippen LogP contribution in [0.2, 0.25) is 0 Å².